The number of fused-ring (bicyclic) bond motifs is 3. The third-order valence-corrected chi connectivity index (χ3v) is 4.25. The topological polar surface area (TPSA) is 44.1 Å². The summed E-state index contributed by atoms with van der Waals surface area (Å²) in [6.07, 6.45) is 0. The van der Waals surface area contributed by atoms with Crippen molar-refractivity contribution in [2.24, 2.45) is 0 Å². The van der Waals surface area contributed by atoms with Gasteiger partial charge in [0.1, 0.15) is 6.54 Å². The van der Waals surface area contributed by atoms with E-state index in [4.69, 9.17) is 5.26 Å². The Kier molecular flexibility index (Phi) is 5.33. The number of nitriles is 1. The molecular weight excluding hydrogens is 317 g/mol. The van der Waals surface area contributed by atoms with Crippen molar-refractivity contribution in [3.05, 3.63) is 35.9 Å². The van der Waals surface area contributed by atoms with Crippen LogP contribution in [0.4, 0.5) is 0 Å². The fourth-order valence-electron chi connectivity index (χ4n) is 2.99. The van der Waals surface area contributed by atoms with Gasteiger partial charge in [0.15, 0.2) is 0 Å². The number of quaternary nitrogens is 1. The van der Waals surface area contributed by atoms with Crippen molar-refractivity contribution in [3.8, 4) is 4.97 Å². The number of carbonyl (C=O) groups is 1. The van der Waals surface area contributed by atoms with Crippen LogP contribution in [0.1, 0.15) is 10.4 Å². The van der Waals surface area contributed by atoms with Gasteiger partial charge in [0.05, 0.1) is 19.6 Å². The Morgan fingerprint density at radius 2 is 1.70 bits per heavy atom. The molecule has 0 saturated carbocycles. The van der Waals surface area contributed by atoms with Crippen LogP contribution in [0.2, 0.25) is 0 Å². The molecule has 3 saturated heterocycles. The molecule has 2 bridgehead atoms. The average molecular weight is 336 g/mol. The first-order chi connectivity index (χ1) is 9.69. The first kappa shape index (κ1) is 15.2. The number of benzene rings is 1. The van der Waals surface area contributed by atoms with E-state index < -0.39 is 0 Å². The molecule has 20 heavy (non-hydrogen) atoms. The minimum absolute atomic E-state index is 0.306. The van der Waals surface area contributed by atoms with Crippen molar-refractivity contribution < 1.29 is 9.28 Å². The average Bonchev–Trinajstić information content (AvgIpc) is 2.50. The van der Waals surface area contributed by atoms with Gasteiger partial charge >= 0.3 is 26.2 Å². The molecule has 0 unspecified atom stereocenters. The number of carbonyl (C=O) groups excluding carboxylic acids is 1. The monoisotopic (exact) mass is 337 g/mol. The van der Waals surface area contributed by atoms with Crippen molar-refractivity contribution in [1.29, 1.82) is 5.26 Å². The van der Waals surface area contributed by atoms with Gasteiger partial charge in [-0.1, -0.05) is 30.3 Å². The van der Waals surface area contributed by atoms with Gasteiger partial charge in [0.2, 0.25) is 5.78 Å². The van der Waals surface area contributed by atoms with Crippen LogP contribution in [0.5, 0.6) is 0 Å². The Labute approximate surface area is 128 Å². The largest absolute Gasteiger partial charge is 0.314 e. The van der Waals surface area contributed by atoms with E-state index in [9.17, 15) is 4.79 Å². The number of ketones is 1. The molecule has 4 rings (SSSR count). The Morgan fingerprint density at radius 1 is 1.20 bits per heavy atom. The molecule has 4 nitrogen and oxygen atoms in total. The Bertz CT molecular complexity index is 476. The summed E-state index contributed by atoms with van der Waals surface area (Å²) < 4.78 is 1.02. The van der Waals surface area contributed by atoms with Gasteiger partial charge < -0.3 is 4.48 Å². The molecule has 0 aromatic heterocycles. The molecule has 3 fully saturated rings. The van der Waals surface area contributed by atoms with Crippen LogP contribution >= 0.6 is 0 Å². The summed E-state index contributed by atoms with van der Waals surface area (Å²) in [5.74, 6) is 0.306. The third-order valence-electron chi connectivity index (χ3n) is 4.25. The van der Waals surface area contributed by atoms with E-state index in [-0.39, 0.29) is 0 Å². The summed E-state index contributed by atoms with van der Waals surface area (Å²) in [4.78, 5) is 16.4. The van der Waals surface area contributed by atoms with Crippen molar-refractivity contribution in [2.45, 2.75) is 0 Å². The molecule has 5 heteroatoms. The molecule has 0 amide bonds. The fraction of sp³-hybridized carbons (Fsp3) is 0.467. The molecule has 0 atom stereocenters. The van der Waals surface area contributed by atoms with Crippen LogP contribution in [-0.4, -0.2) is 77.0 Å². The minimum atomic E-state index is 0.306. The number of hydrogen-bond donors (Lipinski definition) is 0. The molecule has 0 aliphatic carbocycles. The Hall–Kier alpha value is -1.18. The molecule has 1 aromatic carbocycles. The number of piperazine rings is 3. The summed E-state index contributed by atoms with van der Waals surface area (Å²) in [7, 11) is 0. The van der Waals surface area contributed by atoms with E-state index in [0.717, 1.165) is 29.7 Å². The van der Waals surface area contributed by atoms with Crippen molar-refractivity contribution in [3.63, 3.8) is 0 Å². The Morgan fingerprint density at radius 3 is 2.20 bits per heavy atom. The molecule has 0 spiro atoms. The zero-order chi connectivity index (χ0) is 14.4. The summed E-state index contributed by atoms with van der Waals surface area (Å²) in [5.41, 5.74) is 0.869. The third kappa shape index (κ3) is 3.68. The van der Waals surface area contributed by atoms with Crippen LogP contribution < -0.4 is 0 Å². The van der Waals surface area contributed by atoms with Gasteiger partial charge in [-0.25, -0.2) is 0 Å². The van der Waals surface area contributed by atoms with E-state index in [1.807, 2.05) is 30.3 Å². The first-order valence-corrected chi connectivity index (χ1v) is 7.72. The van der Waals surface area contributed by atoms with Gasteiger partial charge in [-0.3, -0.25) is 9.69 Å². The standard InChI is InChI=1S/C14H19N2O.CHNSe/c17-14(13-4-2-1-3-5-13)12-16-9-6-15(7-10-16)8-11-16;2-1-3/h1-5H,6-12H2;3H/q+1;/p-1. The first-order valence-electron chi connectivity index (χ1n) is 6.86. The second-order valence-corrected chi connectivity index (χ2v) is 5.78. The van der Waals surface area contributed by atoms with Crippen molar-refractivity contribution in [2.75, 3.05) is 45.8 Å². The maximum atomic E-state index is 12.3. The quantitative estimate of drug-likeness (QED) is 0.463. The SMILES string of the molecule is N#C[Se-].O=C(C[N+]12CCN(CC1)CC2)c1ccccc1. The molecule has 3 aliphatic rings. The van der Waals surface area contributed by atoms with Crippen LogP contribution in [0.3, 0.4) is 0 Å². The molecule has 0 radical (unpaired) electrons. The minimum Gasteiger partial charge on any atom is -0.314 e. The van der Waals surface area contributed by atoms with Crippen LogP contribution in [0.25, 0.3) is 0 Å². The number of rotatable bonds is 3. The van der Waals surface area contributed by atoms with E-state index in [1.165, 1.54) is 19.6 Å². The van der Waals surface area contributed by atoms with Crippen molar-refractivity contribution in [1.82, 2.24) is 4.90 Å². The van der Waals surface area contributed by atoms with Gasteiger partial charge in [-0.15, -0.1) is 0 Å². The summed E-state index contributed by atoms with van der Waals surface area (Å²) in [5, 5.41) is 7.26. The molecule has 3 heterocycles. The van der Waals surface area contributed by atoms with E-state index in [1.54, 1.807) is 4.97 Å². The second kappa shape index (κ2) is 7.01. The predicted octanol–water partition coefficient (Wildman–Crippen LogP) is 0.651. The fourth-order valence-corrected chi connectivity index (χ4v) is 2.99. The summed E-state index contributed by atoms with van der Waals surface area (Å²) in [6.45, 7) is 7.65. The number of hydrogen-bond acceptors (Lipinski definition) is 3. The number of nitrogens with zero attached hydrogens (tertiary/aromatic N) is 3. The molecule has 106 valence electrons. The normalized spacial score (nSPS) is 27.1. The molecular formula is C15H19N3OSe. The van der Waals surface area contributed by atoms with Crippen molar-refractivity contribution >= 4 is 21.8 Å². The van der Waals surface area contributed by atoms with Crippen LogP contribution in [-0.2, 0) is 0 Å². The molecule has 1 aromatic rings. The number of Topliss-reactive ketones (excluding diaryl/α,β-unsaturated/α-hetero) is 1. The second-order valence-electron chi connectivity index (χ2n) is 5.39. The van der Waals surface area contributed by atoms with E-state index >= 15 is 0 Å². The van der Waals surface area contributed by atoms with Crippen LogP contribution in [0, 0.1) is 10.2 Å². The molecule has 0 N–H and O–H groups in total. The predicted molar refractivity (Wildman–Crippen MR) is 78.3 cm³/mol. The van der Waals surface area contributed by atoms with Crippen LogP contribution in [0.15, 0.2) is 30.3 Å². The molecule has 3 aliphatic heterocycles. The van der Waals surface area contributed by atoms with Gasteiger partial charge in [-0.2, -0.15) is 0 Å². The zero-order valence-electron chi connectivity index (χ0n) is 11.5. The van der Waals surface area contributed by atoms with E-state index in [2.05, 4.69) is 20.9 Å². The van der Waals surface area contributed by atoms with Gasteiger partial charge in [0, 0.05) is 25.2 Å². The maximum Gasteiger partial charge on any atom is 0.216 e. The summed E-state index contributed by atoms with van der Waals surface area (Å²) >= 11 is 2.11. The summed E-state index contributed by atoms with van der Waals surface area (Å²) in [6, 6.07) is 9.72. The van der Waals surface area contributed by atoms with E-state index in [0.29, 0.717) is 12.3 Å². The van der Waals surface area contributed by atoms with Gasteiger partial charge in [-0.05, 0) is 0 Å². The smallest absolute Gasteiger partial charge is 0.216 e. The zero-order valence-corrected chi connectivity index (χ0v) is 13.2. The maximum absolute atomic E-state index is 12.3. The van der Waals surface area contributed by atoms with Gasteiger partial charge in [0.25, 0.3) is 0 Å². The Balaban J connectivity index is 0.000000452.